The first-order valence-electron chi connectivity index (χ1n) is 5.72. The molecule has 0 aromatic carbocycles. The lowest BCUT2D eigenvalue weighted by atomic mass is 10.1. The Labute approximate surface area is 96.7 Å². The van der Waals surface area contributed by atoms with Gasteiger partial charge >= 0.3 is 0 Å². The van der Waals surface area contributed by atoms with Crippen molar-refractivity contribution in [1.82, 2.24) is 4.90 Å². The van der Waals surface area contributed by atoms with Gasteiger partial charge in [-0.15, -0.1) is 11.6 Å². The molecule has 0 bridgehead atoms. The van der Waals surface area contributed by atoms with Crippen LogP contribution in [0.25, 0.3) is 0 Å². The number of amides is 1. The van der Waals surface area contributed by atoms with Gasteiger partial charge in [0, 0.05) is 25.1 Å². The molecule has 15 heavy (non-hydrogen) atoms. The molecular formula is C11H20ClNO2. The number of ether oxygens (including phenoxy) is 1. The van der Waals surface area contributed by atoms with Crippen LogP contribution in [-0.4, -0.2) is 42.5 Å². The van der Waals surface area contributed by atoms with E-state index < -0.39 is 0 Å². The highest BCUT2D eigenvalue weighted by molar-refractivity contribution is 6.18. The summed E-state index contributed by atoms with van der Waals surface area (Å²) in [6.07, 6.45) is 4.49. The van der Waals surface area contributed by atoms with E-state index >= 15 is 0 Å². The van der Waals surface area contributed by atoms with E-state index in [1.165, 1.54) is 12.8 Å². The molecule has 1 atom stereocenters. The van der Waals surface area contributed by atoms with Gasteiger partial charge in [-0.05, 0) is 19.8 Å². The highest BCUT2D eigenvalue weighted by Crippen LogP contribution is 2.17. The Morgan fingerprint density at radius 1 is 1.47 bits per heavy atom. The maximum atomic E-state index is 11.8. The van der Waals surface area contributed by atoms with Gasteiger partial charge in [-0.2, -0.15) is 0 Å². The Bertz CT molecular complexity index is 199. The second-order valence-corrected chi connectivity index (χ2v) is 4.19. The summed E-state index contributed by atoms with van der Waals surface area (Å²) >= 11 is 5.89. The van der Waals surface area contributed by atoms with Crippen LogP contribution in [0.5, 0.6) is 0 Å². The molecule has 1 heterocycles. The number of alkyl halides is 1. The Morgan fingerprint density at radius 3 is 2.93 bits per heavy atom. The highest BCUT2D eigenvalue weighted by Gasteiger charge is 2.24. The van der Waals surface area contributed by atoms with Crippen LogP contribution in [-0.2, 0) is 9.53 Å². The summed E-state index contributed by atoms with van der Waals surface area (Å²) in [4.78, 5) is 13.7. The van der Waals surface area contributed by atoms with E-state index in [0.29, 0.717) is 12.5 Å². The Kier molecular flexibility index (Phi) is 6.03. The Morgan fingerprint density at radius 2 is 2.27 bits per heavy atom. The number of halogens is 1. The molecular weight excluding hydrogens is 214 g/mol. The lowest BCUT2D eigenvalue weighted by molar-refractivity contribution is -0.137. The molecule has 0 spiro atoms. The van der Waals surface area contributed by atoms with E-state index in [4.69, 9.17) is 16.3 Å². The number of nitrogens with zero attached hydrogens (tertiary/aromatic N) is 1. The first kappa shape index (κ1) is 12.8. The zero-order chi connectivity index (χ0) is 11.1. The molecule has 4 heteroatoms. The van der Waals surface area contributed by atoms with Crippen molar-refractivity contribution in [3.8, 4) is 0 Å². The molecule has 0 saturated carbocycles. The summed E-state index contributed by atoms with van der Waals surface area (Å²) < 4.78 is 5.15. The van der Waals surface area contributed by atoms with E-state index in [-0.39, 0.29) is 18.6 Å². The molecule has 1 amide bonds. The van der Waals surface area contributed by atoms with Crippen molar-refractivity contribution < 1.29 is 9.53 Å². The summed E-state index contributed by atoms with van der Waals surface area (Å²) in [5.74, 6) is 0.627. The third kappa shape index (κ3) is 3.99. The quantitative estimate of drug-likeness (QED) is 0.696. The normalized spacial score (nSPS) is 22.5. The number of likely N-dealkylation sites (tertiary alicyclic amines) is 1. The van der Waals surface area contributed by atoms with Crippen molar-refractivity contribution in [3.05, 3.63) is 0 Å². The van der Waals surface area contributed by atoms with Gasteiger partial charge in [0.2, 0.25) is 5.91 Å². The average molecular weight is 234 g/mol. The molecule has 0 aromatic rings. The molecule has 1 saturated heterocycles. The van der Waals surface area contributed by atoms with Gasteiger partial charge in [-0.3, -0.25) is 4.79 Å². The molecule has 1 unspecified atom stereocenters. The minimum absolute atomic E-state index is 0.0874. The number of hydrogen-bond acceptors (Lipinski definition) is 2. The van der Waals surface area contributed by atoms with Crippen LogP contribution in [0, 0.1) is 0 Å². The average Bonchev–Trinajstić information content (AvgIpc) is 2.50. The molecule has 0 aromatic heterocycles. The van der Waals surface area contributed by atoms with Crippen LogP contribution in [0.4, 0.5) is 0 Å². The van der Waals surface area contributed by atoms with Crippen LogP contribution in [0.3, 0.4) is 0 Å². The lowest BCUT2D eigenvalue weighted by Gasteiger charge is -2.28. The molecule has 1 rings (SSSR count). The van der Waals surface area contributed by atoms with Crippen molar-refractivity contribution in [2.75, 3.05) is 25.6 Å². The molecule has 1 aliphatic heterocycles. The van der Waals surface area contributed by atoms with E-state index in [0.717, 1.165) is 19.4 Å². The first-order valence-corrected chi connectivity index (χ1v) is 6.26. The fourth-order valence-corrected chi connectivity index (χ4v) is 2.26. The zero-order valence-corrected chi connectivity index (χ0v) is 10.1. The Balaban J connectivity index is 2.49. The standard InChI is InChI=1S/C11H20ClNO2/c1-2-15-9-11(14)13-7-5-3-4-6-10(13)8-12/h10H,2-9H2,1H3. The van der Waals surface area contributed by atoms with Gasteiger partial charge in [-0.25, -0.2) is 0 Å². The fraction of sp³-hybridized carbons (Fsp3) is 0.909. The minimum Gasteiger partial charge on any atom is -0.372 e. The monoisotopic (exact) mass is 233 g/mol. The van der Waals surface area contributed by atoms with Crippen molar-refractivity contribution in [2.45, 2.75) is 38.6 Å². The van der Waals surface area contributed by atoms with Gasteiger partial charge in [-0.1, -0.05) is 12.8 Å². The molecule has 0 radical (unpaired) electrons. The third-order valence-corrected chi connectivity index (χ3v) is 3.16. The topological polar surface area (TPSA) is 29.5 Å². The lowest BCUT2D eigenvalue weighted by Crippen LogP contribution is -2.43. The van der Waals surface area contributed by atoms with Crippen LogP contribution >= 0.6 is 11.6 Å². The first-order chi connectivity index (χ1) is 7.29. The van der Waals surface area contributed by atoms with Gasteiger partial charge < -0.3 is 9.64 Å². The second-order valence-electron chi connectivity index (χ2n) is 3.88. The van der Waals surface area contributed by atoms with Gasteiger partial charge in [0.15, 0.2) is 0 Å². The summed E-state index contributed by atoms with van der Waals surface area (Å²) in [5, 5.41) is 0. The van der Waals surface area contributed by atoms with Crippen molar-refractivity contribution in [2.24, 2.45) is 0 Å². The van der Waals surface area contributed by atoms with Gasteiger partial charge in [0.25, 0.3) is 0 Å². The second kappa shape index (κ2) is 7.07. The summed E-state index contributed by atoms with van der Waals surface area (Å²) in [6, 6.07) is 0.210. The van der Waals surface area contributed by atoms with E-state index in [1.807, 2.05) is 11.8 Å². The maximum absolute atomic E-state index is 11.8. The largest absolute Gasteiger partial charge is 0.372 e. The van der Waals surface area contributed by atoms with E-state index in [9.17, 15) is 4.79 Å². The number of carbonyl (C=O) groups excluding carboxylic acids is 1. The Hall–Kier alpha value is -0.280. The van der Waals surface area contributed by atoms with Crippen molar-refractivity contribution >= 4 is 17.5 Å². The van der Waals surface area contributed by atoms with E-state index in [1.54, 1.807) is 0 Å². The molecule has 1 aliphatic rings. The fourth-order valence-electron chi connectivity index (χ4n) is 1.94. The molecule has 3 nitrogen and oxygen atoms in total. The highest BCUT2D eigenvalue weighted by atomic mass is 35.5. The van der Waals surface area contributed by atoms with Crippen LogP contribution in [0.15, 0.2) is 0 Å². The van der Waals surface area contributed by atoms with Gasteiger partial charge in [0.05, 0.1) is 0 Å². The predicted molar refractivity (Wildman–Crippen MR) is 61.2 cm³/mol. The van der Waals surface area contributed by atoms with E-state index in [2.05, 4.69) is 0 Å². The number of carbonyl (C=O) groups is 1. The summed E-state index contributed by atoms with van der Waals surface area (Å²) in [5.41, 5.74) is 0. The predicted octanol–water partition coefficient (Wildman–Crippen LogP) is 2.03. The van der Waals surface area contributed by atoms with Crippen LogP contribution < -0.4 is 0 Å². The molecule has 88 valence electrons. The smallest absolute Gasteiger partial charge is 0.248 e. The zero-order valence-electron chi connectivity index (χ0n) is 9.38. The molecule has 1 fully saturated rings. The van der Waals surface area contributed by atoms with Crippen LogP contribution in [0.2, 0.25) is 0 Å². The minimum atomic E-state index is 0.0874. The van der Waals surface area contributed by atoms with Crippen molar-refractivity contribution in [3.63, 3.8) is 0 Å². The SMILES string of the molecule is CCOCC(=O)N1CCCCCC1CCl. The van der Waals surface area contributed by atoms with Gasteiger partial charge in [0.1, 0.15) is 6.61 Å². The van der Waals surface area contributed by atoms with Crippen LogP contribution in [0.1, 0.15) is 32.6 Å². The molecule has 0 aliphatic carbocycles. The third-order valence-electron chi connectivity index (χ3n) is 2.81. The summed E-state index contributed by atoms with van der Waals surface area (Å²) in [6.45, 7) is 3.52. The number of rotatable bonds is 4. The van der Waals surface area contributed by atoms with Crippen molar-refractivity contribution in [1.29, 1.82) is 0 Å². The molecule has 0 N–H and O–H groups in total. The summed E-state index contributed by atoms with van der Waals surface area (Å²) in [7, 11) is 0. The maximum Gasteiger partial charge on any atom is 0.248 e. The number of hydrogen-bond donors (Lipinski definition) is 0.